The highest BCUT2D eigenvalue weighted by atomic mass is 35.5. The van der Waals surface area contributed by atoms with Gasteiger partial charge in [-0.1, -0.05) is 23.7 Å². The van der Waals surface area contributed by atoms with Crippen molar-refractivity contribution in [3.63, 3.8) is 0 Å². The number of aryl methyl sites for hydroxylation is 1. The molecule has 0 bridgehead atoms. The number of fused-ring (bicyclic) bond motifs is 2. The van der Waals surface area contributed by atoms with Crippen molar-refractivity contribution in [1.82, 2.24) is 24.3 Å². The molecule has 282 valence electrons. The summed E-state index contributed by atoms with van der Waals surface area (Å²) in [4.78, 5) is 23.7. The quantitative estimate of drug-likeness (QED) is 0.150. The number of anilines is 1. The van der Waals surface area contributed by atoms with Crippen LogP contribution < -0.4 is 20.3 Å². The van der Waals surface area contributed by atoms with E-state index in [0.29, 0.717) is 23.4 Å². The average molecular weight is 792 g/mol. The number of sulfonamides is 1. The van der Waals surface area contributed by atoms with E-state index in [1.807, 2.05) is 0 Å². The van der Waals surface area contributed by atoms with E-state index in [2.05, 4.69) is 15.1 Å². The molecule has 55 heavy (non-hydrogen) atoms. The first-order valence-corrected chi connectivity index (χ1v) is 18.7. The van der Waals surface area contributed by atoms with E-state index in [1.54, 1.807) is 31.3 Å². The van der Waals surface area contributed by atoms with E-state index < -0.39 is 44.9 Å². The van der Waals surface area contributed by atoms with E-state index in [0.717, 1.165) is 28.8 Å². The smallest absolute Gasteiger partial charge is 0.267 e. The Morgan fingerprint density at radius 1 is 0.891 bits per heavy atom. The number of hydrogen-bond donors (Lipinski definition) is 1. The molecular weight excluding hydrogens is 762 g/mol. The normalized spacial score (nSPS) is 12.4. The monoisotopic (exact) mass is 791 g/mol. The molecule has 17 heteroatoms. The highest BCUT2D eigenvalue weighted by Gasteiger charge is 2.29. The summed E-state index contributed by atoms with van der Waals surface area (Å²) in [5, 5.41) is 4.84. The van der Waals surface area contributed by atoms with Crippen molar-refractivity contribution in [3.05, 3.63) is 141 Å². The van der Waals surface area contributed by atoms with Gasteiger partial charge in [0.1, 0.15) is 34.8 Å². The summed E-state index contributed by atoms with van der Waals surface area (Å²) in [7, 11) is -0.936. The largest absolute Gasteiger partial charge is 0.497 e. The molecule has 7 aromatic rings. The second-order valence-electron chi connectivity index (χ2n) is 12.7. The lowest BCUT2D eigenvalue weighted by Gasteiger charge is -2.21. The summed E-state index contributed by atoms with van der Waals surface area (Å²) < 4.78 is 92.5. The predicted octanol–water partition coefficient (Wildman–Crippen LogP) is 6.76. The highest BCUT2D eigenvalue weighted by Crippen LogP contribution is 2.38. The maximum Gasteiger partial charge on any atom is 0.267 e. The number of aromatic nitrogens is 5. The van der Waals surface area contributed by atoms with E-state index in [9.17, 15) is 30.8 Å². The molecule has 3 aromatic heterocycles. The molecule has 0 aliphatic rings. The van der Waals surface area contributed by atoms with Gasteiger partial charge in [0.15, 0.2) is 11.5 Å². The third-order valence-electron chi connectivity index (χ3n) is 8.94. The van der Waals surface area contributed by atoms with Crippen LogP contribution in [0.5, 0.6) is 5.75 Å². The van der Waals surface area contributed by atoms with E-state index in [1.165, 1.54) is 46.7 Å². The maximum absolute atomic E-state index is 14.8. The Hall–Kier alpha value is -5.84. The Bertz CT molecular complexity index is 2800. The highest BCUT2D eigenvalue weighted by molar-refractivity contribution is 7.92. The van der Waals surface area contributed by atoms with Gasteiger partial charge < -0.3 is 10.5 Å². The third-order valence-corrected chi connectivity index (χ3v) is 10.4. The fraction of sp³-hybridized carbons (Fsp3) is 0.158. The lowest BCUT2D eigenvalue weighted by atomic mass is 10.0. The van der Waals surface area contributed by atoms with Crippen LogP contribution >= 0.6 is 11.6 Å². The van der Waals surface area contributed by atoms with Gasteiger partial charge in [-0.25, -0.2) is 40.3 Å². The molecule has 3 heterocycles. The van der Waals surface area contributed by atoms with Crippen LogP contribution in [0.3, 0.4) is 0 Å². The molecule has 2 N–H and O–H groups in total. The maximum atomic E-state index is 14.8. The molecule has 0 spiro atoms. The van der Waals surface area contributed by atoms with E-state index in [-0.39, 0.29) is 74.1 Å². The van der Waals surface area contributed by atoms with Crippen molar-refractivity contribution in [2.45, 2.75) is 19.0 Å². The topological polar surface area (TPSA) is 138 Å². The number of benzene rings is 4. The van der Waals surface area contributed by atoms with Crippen LogP contribution in [0.2, 0.25) is 5.02 Å². The Morgan fingerprint density at radius 3 is 2.25 bits per heavy atom. The summed E-state index contributed by atoms with van der Waals surface area (Å²) in [6.07, 6.45) is 0.827. The SMILES string of the molecule is COc1ccc(CN(c2nn(C)c3c(-n4c([C@@H](N)Cc5cc(F)cc(F)c5)nc5nc(-c6ccc(F)cc6F)ccc5c4=O)ccc(Cl)c23)S(C)(=O)=O)cc1. The first kappa shape index (κ1) is 37.5. The standard InChI is InChI=1S/C38H30ClF4N7O4S/c1-48-34-32(13-11-28(39)33(34)37(47-48)49(55(3,52)53)19-20-4-7-25(54-2)8-5-20)50-36(30(44)16-21-14-23(41)17-24(42)15-21)46-35-27(38(50)51)10-12-31(45-35)26-9-6-22(40)18-29(26)43/h4-15,17-18,30H,16,19,44H2,1-3H3/t30-/m0/s1. The molecule has 4 aromatic carbocycles. The molecule has 7 rings (SSSR count). The second-order valence-corrected chi connectivity index (χ2v) is 15.1. The Kier molecular flexibility index (Phi) is 9.83. The van der Waals surface area contributed by atoms with Crippen LogP contribution in [0.25, 0.3) is 38.9 Å². The fourth-order valence-corrected chi connectivity index (χ4v) is 7.49. The van der Waals surface area contributed by atoms with Gasteiger partial charge in [0, 0.05) is 24.7 Å². The molecule has 0 aliphatic carbocycles. The van der Waals surface area contributed by atoms with Crippen LogP contribution in [0.1, 0.15) is 23.0 Å². The van der Waals surface area contributed by atoms with Crippen LogP contribution in [-0.4, -0.2) is 46.1 Å². The average Bonchev–Trinajstić information content (AvgIpc) is 3.47. The van der Waals surface area contributed by atoms with Crippen LogP contribution in [0, 0.1) is 23.3 Å². The third kappa shape index (κ3) is 7.23. The Labute approximate surface area is 316 Å². The molecule has 0 unspecified atom stereocenters. The first-order valence-electron chi connectivity index (χ1n) is 16.5. The number of nitrogens with two attached hydrogens (primary N) is 1. The van der Waals surface area contributed by atoms with Gasteiger partial charge in [-0.15, -0.1) is 0 Å². The minimum absolute atomic E-state index is 0.0261. The summed E-state index contributed by atoms with van der Waals surface area (Å²) >= 11 is 6.79. The van der Waals surface area contributed by atoms with E-state index >= 15 is 0 Å². The van der Waals surface area contributed by atoms with Gasteiger partial charge >= 0.3 is 0 Å². The van der Waals surface area contributed by atoms with Gasteiger partial charge in [0.25, 0.3) is 5.56 Å². The Morgan fingerprint density at radius 2 is 1.60 bits per heavy atom. The fourth-order valence-electron chi connectivity index (χ4n) is 6.43. The number of pyridine rings is 1. The molecule has 0 radical (unpaired) electrons. The summed E-state index contributed by atoms with van der Waals surface area (Å²) in [5.74, 6) is -2.94. The zero-order valence-corrected chi connectivity index (χ0v) is 30.8. The lowest BCUT2D eigenvalue weighted by molar-refractivity contribution is 0.414. The minimum Gasteiger partial charge on any atom is -0.497 e. The summed E-state index contributed by atoms with van der Waals surface area (Å²) in [6, 6.07) is 17.2. The van der Waals surface area contributed by atoms with Gasteiger partial charge in [-0.3, -0.25) is 14.0 Å². The zero-order chi connectivity index (χ0) is 39.3. The van der Waals surface area contributed by atoms with Gasteiger partial charge in [0.2, 0.25) is 10.0 Å². The van der Waals surface area contributed by atoms with E-state index in [4.69, 9.17) is 22.1 Å². The molecule has 0 fully saturated rings. The Balaban J connectivity index is 1.46. The van der Waals surface area contributed by atoms with Crippen molar-refractivity contribution < 1.29 is 30.7 Å². The number of methoxy groups -OCH3 is 1. The molecule has 0 saturated heterocycles. The van der Waals surface area contributed by atoms with Crippen molar-refractivity contribution in [2.75, 3.05) is 17.7 Å². The number of nitrogens with zero attached hydrogens (tertiary/aromatic N) is 6. The zero-order valence-electron chi connectivity index (χ0n) is 29.3. The van der Waals surface area contributed by atoms with Crippen molar-refractivity contribution >= 4 is 49.4 Å². The molecular formula is C38H30ClF4N7O4S. The second kappa shape index (κ2) is 14.4. The number of hydrogen-bond acceptors (Lipinski definition) is 8. The van der Waals surface area contributed by atoms with Crippen molar-refractivity contribution in [1.29, 1.82) is 0 Å². The molecule has 0 saturated carbocycles. The van der Waals surface area contributed by atoms with Gasteiger partial charge in [0.05, 0.1) is 58.6 Å². The first-order chi connectivity index (χ1) is 26.1. The number of rotatable bonds is 10. The number of ether oxygens (including phenoxy) is 1. The summed E-state index contributed by atoms with van der Waals surface area (Å²) in [6.45, 7) is -0.129. The van der Waals surface area contributed by atoms with Crippen LogP contribution in [0.15, 0.2) is 89.7 Å². The van der Waals surface area contributed by atoms with Crippen LogP contribution in [-0.2, 0) is 30.0 Å². The molecule has 11 nitrogen and oxygen atoms in total. The predicted molar refractivity (Wildman–Crippen MR) is 201 cm³/mol. The minimum atomic E-state index is -3.99. The van der Waals surface area contributed by atoms with Crippen LogP contribution in [0.4, 0.5) is 23.4 Å². The molecule has 1 atom stereocenters. The summed E-state index contributed by atoms with van der Waals surface area (Å²) in [5.41, 5.74) is 7.00. The van der Waals surface area contributed by atoms with Crippen molar-refractivity contribution in [3.8, 4) is 22.7 Å². The molecule has 0 aliphatic heterocycles. The number of halogens is 5. The van der Waals surface area contributed by atoms with Gasteiger partial charge in [-0.2, -0.15) is 5.10 Å². The van der Waals surface area contributed by atoms with Gasteiger partial charge in [-0.05, 0) is 78.2 Å². The van der Waals surface area contributed by atoms with Crippen molar-refractivity contribution in [2.24, 2.45) is 12.8 Å². The molecule has 0 amide bonds. The lowest BCUT2D eigenvalue weighted by Crippen LogP contribution is -2.30.